The molecule has 1 heterocycles. The lowest BCUT2D eigenvalue weighted by molar-refractivity contribution is -0.121. The standard InChI is InChI=1S/C22H22INO5S2/c1-4-24-21(25)19(31-22(24)30)13-14-11-15(23)20(18(12-14)27-3)29-10-9-28-17-8-6-5-7-16(17)26-2/h5-8,11-13H,4,9-10H2,1-3H3/b19-13-. The van der Waals surface area contributed by atoms with Crippen LogP contribution in [0.1, 0.15) is 12.5 Å². The quantitative estimate of drug-likeness (QED) is 0.182. The summed E-state index contributed by atoms with van der Waals surface area (Å²) >= 11 is 8.78. The number of thiocarbonyl (C=S) groups is 1. The van der Waals surface area contributed by atoms with Crippen molar-refractivity contribution in [3.63, 3.8) is 0 Å². The van der Waals surface area contributed by atoms with Crippen molar-refractivity contribution in [1.82, 2.24) is 4.90 Å². The molecule has 164 valence electrons. The summed E-state index contributed by atoms with van der Waals surface area (Å²) in [6.45, 7) is 3.15. The van der Waals surface area contributed by atoms with Gasteiger partial charge in [0.05, 0.1) is 22.7 Å². The Kier molecular flexibility index (Phi) is 8.44. The van der Waals surface area contributed by atoms with E-state index in [4.69, 9.17) is 31.2 Å². The molecule has 6 nitrogen and oxygen atoms in total. The average Bonchev–Trinajstić information content (AvgIpc) is 3.04. The highest BCUT2D eigenvalue weighted by Gasteiger charge is 2.30. The molecule has 31 heavy (non-hydrogen) atoms. The van der Waals surface area contributed by atoms with E-state index in [0.29, 0.717) is 52.0 Å². The maximum atomic E-state index is 12.5. The molecule has 2 aromatic rings. The van der Waals surface area contributed by atoms with E-state index in [1.165, 1.54) is 11.8 Å². The molecule has 0 unspecified atom stereocenters. The van der Waals surface area contributed by atoms with Crippen LogP contribution in [0.4, 0.5) is 0 Å². The molecule has 0 bridgehead atoms. The minimum absolute atomic E-state index is 0.0692. The molecule has 0 radical (unpaired) electrons. The number of hydrogen-bond acceptors (Lipinski definition) is 7. The van der Waals surface area contributed by atoms with Crippen molar-refractivity contribution in [1.29, 1.82) is 0 Å². The van der Waals surface area contributed by atoms with Crippen LogP contribution in [0, 0.1) is 3.57 Å². The number of likely N-dealkylation sites (N-methyl/N-ethyl adjacent to an activating group) is 1. The topological polar surface area (TPSA) is 57.2 Å². The molecule has 0 N–H and O–H groups in total. The fourth-order valence-electron chi connectivity index (χ4n) is 2.92. The van der Waals surface area contributed by atoms with Crippen LogP contribution in [0.3, 0.4) is 0 Å². The van der Waals surface area contributed by atoms with Crippen LogP contribution in [-0.2, 0) is 4.79 Å². The summed E-state index contributed by atoms with van der Waals surface area (Å²) in [4.78, 5) is 14.7. The Morgan fingerprint density at radius 2 is 1.74 bits per heavy atom. The Labute approximate surface area is 205 Å². The summed E-state index contributed by atoms with van der Waals surface area (Å²) in [5, 5.41) is 0. The molecule has 1 aliphatic heterocycles. The third kappa shape index (κ3) is 5.64. The zero-order valence-corrected chi connectivity index (χ0v) is 21.1. The summed E-state index contributed by atoms with van der Waals surface area (Å²) < 4.78 is 23.9. The van der Waals surface area contributed by atoms with Crippen molar-refractivity contribution in [3.05, 3.63) is 50.4 Å². The Morgan fingerprint density at radius 1 is 1.06 bits per heavy atom. The van der Waals surface area contributed by atoms with E-state index in [0.717, 1.165) is 9.13 Å². The summed E-state index contributed by atoms with van der Waals surface area (Å²) in [6.07, 6.45) is 1.83. The zero-order chi connectivity index (χ0) is 22.4. The van der Waals surface area contributed by atoms with Crippen LogP contribution in [0.15, 0.2) is 41.3 Å². The van der Waals surface area contributed by atoms with Gasteiger partial charge in [-0.3, -0.25) is 9.69 Å². The molecule has 0 spiro atoms. The largest absolute Gasteiger partial charge is 0.493 e. The predicted octanol–water partition coefficient (Wildman–Crippen LogP) is 4.99. The van der Waals surface area contributed by atoms with Gasteiger partial charge in [-0.2, -0.15) is 0 Å². The number of nitrogens with zero attached hydrogens (tertiary/aromatic N) is 1. The second-order valence-electron chi connectivity index (χ2n) is 6.31. The van der Waals surface area contributed by atoms with Crippen LogP contribution >= 0.6 is 46.6 Å². The van der Waals surface area contributed by atoms with E-state index < -0.39 is 0 Å². The van der Waals surface area contributed by atoms with Gasteiger partial charge in [0.25, 0.3) is 5.91 Å². The highest BCUT2D eigenvalue weighted by molar-refractivity contribution is 14.1. The Hall–Kier alpha value is -1.98. The Balaban J connectivity index is 1.69. The Bertz CT molecular complexity index is 1010. The van der Waals surface area contributed by atoms with E-state index in [-0.39, 0.29) is 5.91 Å². The van der Waals surface area contributed by atoms with Crippen LogP contribution in [0.5, 0.6) is 23.0 Å². The number of methoxy groups -OCH3 is 2. The Morgan fingerprint density at radius 3 is 2.39 bits per heavy atom. The maximum absolute atomic E-state index is 12.5. The first-order valence-corrected chi connectivity index (χ1v) is 11.8. The van der Waals surface area contributed by atoms with Gasteiger partial charge in [0.1, 0.15) is 17.5 Å². The van der Waals surface area contributed by atoms with Gasteiger partial charge in [-0.15, -0.1) is 0 Å². The first-order valence-electron chi connectivity index (χ1n) is 9.50. The van der Waals surface area contributed by atoms with Crippen molar-refractivity contribution in [2.24, 2.45) is 0 Å². The number of benzene rings is 2. The molecule has 9 heteroatoms. The van der Waals surface area contributed by atoms with Crippen LogP contribution in [-0.4, -0.2) is 49.1 Å². The minimum Gasteiger partial charge on any atom is -0.493 e. The number of halogens is 1. The van der Waals surface area contributed by atoms with Gasteiger partial charge in [0.15, 0.2) is 23.0 Å². The van der Waals surface area contributed by atoms with Crippen LogP contribution in [0.25, 0.3) is 6.08 Å². The number of ether oxygens (including phenoxy) is 4. The lowest BCUT2D eigenvalue weighted by atomic mass is 10.2. The molecule has 0 saturated carbocycles. The van der Waals surface area contributed by atoms with Crippen LogP contribution < -0.4 is 18.9 Å². The SMILES string of the molecule is CCN1C(=O)/C(=C/c2cc(I)c(OCCOc3ccccc3OC)c(OC)c2)SC1=S. The molecular formula is C22H22INO5S2. The molecular weight excluding hydrogens is 549 g/mol. The summed E-state index contributed by atoms with van der Waals surface area (Å²) in [6, 6.07) is 11.2. The van der Waals surface area contributed by atoms with Gasteiger partial charge in [0, 0.05) is 6.54 Å². The molecule has 1 aliphatic rings. The normalized spacial score (nSPS) is 14.8. The summed E-state index contributed by atoms with van der Waals surface area (Å²) in [7, 11) is 3.19. The van der Waals surface area contributed by atoms with E-state index in [2.05, 4.69) is 22.6 Å². The number of hydrogen-bond donors (Lipinski definition) is 0. The van der Waals surface area contributed by atoms with Gasteiger partial charge >= 0.3 is 0 Å². The number of para-hydroxylation sites is 2. The van der Waals surface area contributed by atoms with Gasteiger partial charge in [-0.05, 0) is 65.4 Å². The predicted molar refractivity (Wildman–Crippen MR) is 135 cm³/mol. The van der Waals surface area contributed by atoms with E-state index in [9.17, 15) is 4.79 Å². The molecule has 0 aliphatic carbocycles. The third-order valence-corrected chi connectivity index (χ3v) is 6.57. The summed E-state index contributed by atoms with van der Waals surface area (Å²) in [5.41, 5.74) is 0.843. The number of carbonyl (C=O) groups is 1. The third-order valence-electron chi connectivity index (χ3n) is 4.40. The van der Waals surface area contributed by atoms with Crippen molar-refractivity contribution in [3.8, 4) is 23.0 Å². The minimum atomic E-state index is -0.0692. The lowest BCUT2D eigenvalue weighted by Gasteiger charge is -2.15. The highest BCUT2D eigenvalue weighted by atomic mass is 127. The first-order chi connectivity index (χ1) is 15.0. The second kappa shape index (κ2) is 11.1. The van der Waals surface area contributed by atoms with E-state index in [1.54, 1.807) is 19.1 Å². The highest BCUT2D eigenvalue weighted by Crippen LogP contribution is 2.37. The summed E-state index contributed by atoms with van der Waals surface area (Å²) in [5.74, 6) is 2.48. The van der Waals surface area contributed by atoms with E-state index >= 15 is 0 Å². The molecule has 2 aromatic carbocycles. The van der Waals surface area contributed by atoms with Gasteiger partial charge in [-0.1, -0.05) is 36.1 Å². The number of rotatable bonds is 9. The van der Waals surface area contributed by atoms with Gasteiger partial charge < -0.3 is 18.9 Å². The van der Waals surface area contributed by atoms with Crippen molar-refractivity contribution in [2.75, 3.05) is 34.0 Å². The molecule has 0 aromatic heterocycles. The average molecular weight is 571 g/mol. The lowest BCUT2D eigenvalue weighted by Crippen LogP contribution is -2.27. The second-order valence-corrected chi connectivity index (χ2v) is 9.15. The fraction of sp³-hybridized carbons (Fsp3) is 0.273. The fourth-order valence-corrected chi connectivity index (χ4v) is 5.09. The number of carbonyl (C=O) groups excluding carboxylic acids is 1. The van der Waals surface area contributed by atoms with Crippen molar-refractivity contribution in [2.45, 2.75) is 6.92 Å². The maximum Gasteiger partial charge on any atom is 0.266 e. The molecule has 1 saturated heterocycles. The van der Waals surface area contributed by atoms with Gasteiger partial charge in [-0.25, -0.2) is 0 Å². The molecule has 0 atom stereocenters. The van der Waals surface area contributed by atoms with E-state index in [1.807, 2.05) is 49.4 Å². The number of amides is 1. The van der Waals surface area contributed by atoms with Gasteiger partial charge in [0.2, 0.25) is 0 Å². The number of thioether (sulfide) groups is 1. The van der Waals surface area contributed by atoms with Crippen LogP contribution in [0.2, 0.25) is 0 Å². The van der Waals surface area contributed by atoms with Crippen molar-refractivity contribution >= 4 is 62.9 Å². The van der Waals surface area contributed by atoms with Crippen molar-refractivity contribution < 1.29 is 23.7 Å². The molecule has 1 amide bonds. The molecule has 1 fully saturated rings. The zero-order valence-electron chi connectivity index (χ0n) is 17.3. The first kappa shape index (κ1) is 23.7. The smallest absolute Gasteiger partial charge is 0.266 e. The monoisotopic (exact) mass is 571 g/mol. The molecule has 3 rings (SSSR count).